The lowest BCUT2D eigenvalue weighted by atomic mass is 10.0. The number of aromatic nitrogens is 3. The van der Waals surface area contributed by atoms with Crippen molar-refractivity contribution in [1.29, 1.82) is 0 Å². The summed E-state index contributed by atoms with van der Waals surface area (Å²) in [4.78, 5) is 0. The zero-order chi connectivity index (χ0) is 11.8. The highest BCUT2D eigenvalue weighted by Crippen LogP contribution is 2.16. The predicted molar refractivity (Wildman–Crippen MR) is 63.6 cm³/mol. The highest BCUT2D eigenvalue weighted by Gasteiger charge is 2.18. The van der Waals surface area contributed by atoms with Crippen molar-refractivity contribution in [2.24, 2.45) is 5.73 Å². The molecule has 0 spiro atoms. The Bertz CT molecular complexity index is 481. The molecule has 0 saturated heterocycles. The minimum Gasteiger partial charge on any atom is -0.320 e. The van der Waals surface area contributed by atoms with Gasteiger partial charge in [0.25, 0.3) is 0 Å². The van der Waals surface area contributed by atoms with Gasteiger partial charge >= 0.3 is 0 Å². The molecule has 0 bridgehead atoms. The molecule has 0 atom stereocenters. The first kappa shape index (κ1) is 11.1. The number of hydrogen-bond acceptors (Lipinski definition) is 3. The third-order valence-electron chi connectivity index (χ3n) is 2.24. The van der Waals surface area contributed by atoms with E-state index in [1.54, 1.807) is 4.68 Å². The fourth-order valence-corrected chi connectivity index (χ4v) is 1.41. The largest absolute Gasteiger partial charge is 0.320 e. The lowest BCUT2D eigenvalue weighted by molar-refractivity contribution is 0.533. The molecule has 0 amide bonds. The van der Waals surface area contributed by atoms with Crippen LogP contribution in [0.4, 0.5) is 0 Å². The summed E-state index contributed by atoms with van der Waals surface area (Å²) < 4.78 is 1.68. The quantitative estimate of drug-likeness (QED) is 0.869. The maximum absolute atomic E-state index is 5.94. The van der Waals surface area contributed by atoms with Crippen molar-refractivity contribution in [3.8, 4) is 5.69 Å². The second-order valence-corrected chi connectivity index (χ2v) is 4.68. The van der Waals surface area contributed by atoms with Gasteiger partial charge in [-0.25, -0.2) is 4.68 Å². The second-order valence-electron chi connectivity index (χ2n) is 4.25. The summed E-state index contributed by atoms with van der Waals surface area (Å²) in [7, 11) is 0. The Morgan fingerprint density at radius 2 is 1.88 bits per heavy atom. The van der Waals surface area contributed by atoms with E-state index in [1.807, 2.05) is 44.3 Å². The summed E-state index contributed by atoms with van der Waals surface area (Å²) in [6.45, 7) is 3.78. The highest BCUT2D eigenvalue weighted by molar-refractivity contribution is 6.30. The normalized spacial score (nSPS) is 11.8. The number of benzene rings is 1. The van der Waals surface area contributed by atoms with Gasteiger partial charge < -0.3 is 5.73 Å². The van der Waals surface area contributed by atoms with Crippen LogP contribution in [0.25, 0.3) is 5.69 Å². The third-order valence-corrected chi connectivity index (χ3v) is 2.50. The monoisotopic (exact) mass is 236 g/mol. The molecule has 1 aromatic carbocycles. The van der Waals surface area contributed by atoms with Gasteiger partial charge in [-0.3, -0.25) is 0 Å². The van der Waals surface area contributed by atoms with Gasteiger partial charge in [-0.15, -0.1) is 5.10 Å². The van der Waals surface area contributed by atoms with Crippen molar-refractivity contribution >= 4 is 11.6 Å². The molecule has 2 N–H and O–H groups in total. The Labute approximate surface area is 99.0 Å². The van der Waals surface area contributed by atoms with E-state index in [9.17, 15) is 0 Å². The summed E-state index contributed by atoms with van der Waals surface area (Å²) in [5, 5.41) is 8.76. The van der Waals surface area contributed by atoms with Gasteiger partial charge in [-0.2, -0.15) is 0 Å². The van der Waals surface area contributed by atoms with Crippen molar-refractivity contribution < 1.29 is 0 Å². The summed E-state index contributed by atoms with van der Waals surface area (Å²) in [5.74, 6) is 0. The fraction of sp³-hybridized carbons (Fsp3) is 0.273. The highest BCUT2D eigenvalue weighted by atomic mass is 35.5. The van der Waals surface area contributed by atoms with Crippen molar-refractivity contribution in [3.05, 3.63) is 41.2 Å². The van der Waals surface area contributed by atoms with Crippen molar-refractivity contribution in [2.75, 3.05) is 0 Å². The molecular weight excluding hydrogens is 224 g/mol. The topological polar surface area (TPSA) is 56.7 Å². The molecule has 5 heteroatoms. The first-order valence-electron chi connectivity index (χ1n) is 4.94. The van der Waals surface area contributed by atoms with Crippen LogP contribution in [0.15, 0.2) is 30.5 Å². The van der Waals surface area contributed by atoms with Crippen LogP contribution in [-0.4, -0.2) is 15.0 Å². The van der Waals surface area contributed by atoms with Gasteiger partial charge in [-0.05, 0) is 38.1 Å². The van der Waals surface area contributed by atoms with Crippen LogP contribution in [0.1, 0.15) is 19.5 Å². The van der Waals surface area contributed by atoms with Crippen LogP contribution in [0.2, 0.25) is 5.02 Å². The molecule has 0 aliphatic rings. The minimum atomic E-state index is -0.481. The molecule has 0 unspecified atom stereocenters. The predicted octanol–water partition coefficient (Wildman–Crippen LogP) is 2.11. The average molecular weight is 237 g/mol. The van der Waals surface area contributed by atoms with E-state index in [0.29, 0.717) is 5.02 Å². The zero-order valence-electron chi connectivity index (χ0n) is 9.18. The standard InChI is InChI=1S/C11H13ClN4/c1-11(2,13)10-7-16(15-14-10)9-5-3-8(12)4-6-9/h3-7H,13H2,1-2H3. The van der Waals surface area contributed by atoms with E-state index < -0.39 is 5.54 Å². The van der Waals surface area contributed by atoms with Gasteiger partial charge in [0.15, 0.2) is 0 Å². The van der Waals surface area contributed by atoms with Crippen LogP contribution in [0.3, 0.4) is 0 Å². The van der Waals surface area contributed by atoms with Gasteiger partial charge in [0.2, 0.25) is 0 Å². The number of nitrogens with zero attached hydrogens (tertiary/aromatic N) is 3. The minimum absolute atomic E-state index is 0.481. The second kappa shape index (κ2) is 3.88. The number of nitrogens with two attached hydrogens (primary N) is 1. The molecule has 0 radical (unpaired) electrons. The van der Waals surface area contributed by atoms with Crippen LogP contribution < -0.4 is 5.73 Å². The van der Waals surface area contributed by atoms with Crippen LogP contribution >= 0.6 is 11.6 Å². The fourth-order valence-electron chi connectivity index (χ4n) is 1.28. The molecule has 84 valence electrons. The molecular formula is C11H13ClN4. The smallest absolute Gasteiger partial charge is 0.102 e. The molecule has 16 heavy (non-hydrogen) atoms. The molecule has 2 aromatic rings. The van der Waals surface area contributed by atoms with Crippen molar-refractivity contribution in [1.82, 2.24) is 15.0 Å². The molecule has 1 aromatic heterocycles. The molecule has 0 aliphatic heterocycles. The van der Waals surface area contributed by atoms with E-state index >= 15 is 0 Å². The van der Waals surface area contributed by atoms with E-state index in [1.165, 1.54) is 0 Å². The first-order chi connectivity index (χ1) is 7.47. The maximum atomic E-state index is 5.94. The Hall–Kier alpha value is -1.39. The summed E-state index contributed by atoms with van der Waals surface area (Å²) >= 11 is 5.81. The van der Waals surface area contributed by atoms with Gasteiger partial charge in [0.05, 0.1) is 17.4 Å². The molecule has 0 aliphatic carbocycles. The van der Waals surface area contributed by atoms with Crippen molar-refractivity contribution in [3.63, 3.8) is 0 Å². The Balaban J connectivity index is 2.35. The summed E-state index contributed by atoms with van der Waals surface area (Å²) in [6.07, 6.45) is 1.82. The Morgan fingerprint density at radius 1 is 1.25 bits per heavy atom. The Kier molecular flexibility index (Phi) is 2.69. The first-order valence-corrected chi connectivity index (χ1v) is 5.32. The van der Waals surface area contributed by atoms with E-state index in [2.05, 4.69) is 10.3 Å². The molecule has 2 rings (SSSR count). The van der Waals surface area contributed by atoms with Gasteiger partial charge in [0, 0.05) is 5.02 Å². The van der Waals surface area contributed by atoms with E-state index in [-0.39, 0.29) is 0 Å². The SMILES string of the molecule is CC(C)(N)c1cn(-c2ccc(Cl)cc2)nn1. The maximum Gasteiger partial charge on any atom is 0.102 e. The molecule has 4 nitrogen and oxygen atoms in total. The number of hydrogen-bond donors (Lipinski definition) is 1. The number of rotatable bonds is 2. The van der Waals surface area contributed by atoms with E-state index in [0.717, 1.165) is 11.4 Å². The third kappa shape index (κ3) is 2.23. The molecule has 0 saturated carbocycles. The van der Waals surface area contributed by atoms with Gasteiger partial charge in [-0.1, -0.05) is 16.8 Å². The molecule has 1 heterocycles. The van der Waals surface area contributed by atoms with Crippen LogP contribution in [0, 0.1) is 0 Å². The van der Waals surface area contributed by atoms with Crippen molar-refractivity contribution in [2.45, 2.75) is 19.4 Å². The number of halogens is 1. The van der Waals surface area contributed by atoms with Gasteiger partial charge in [0.1, 0.15) is 5.69 Å². The molecule has 0 fully saturated rings. The lowest BCUT2D eigenvalue weighted by Crippen LogP contribution is -2.29. The average Bonchev–Trinajstić information content (AvgIpc) is 2.67. The van der Waals surface area contributed by atoms with Crippen LogP contribution in [-0.2, 0) is 5.54 Å². The van der Waals surface area contributed by atoms with Crippen LogP contribution in [0.5, 0.6) is 0 Å². The summed E-state index contributed by atoms with van der Waals surface area (Å²) in [6, 6.07) is 7.38. The summed E-state index contributed by atoms with van der Waals surface area (Å²) in [5.41, 5.74) is 7.12. The Morgan fingerprint density at radius 3 is 2.38 bits per heavy atom. The van der Waals surface area contributed by atoms with E-state index in [4.69, 9.17) is 17.3 Å². The lowest BCUT2D eigenvalue weighted by Gasteiger charge is -2.13. The zero-order valence-corrected chi connectivity index (χ0v) is 9.94.